The van der Waals surface area contributed by atoms with E-state index in [0.29, 0.717) is 30.6 Å². The van der Waals surface area contributed by atoms with Crippen LogP contribution in [0.25, 0.3) is 0 Å². The van der Waals surface area contributed by atoms with Crippen molar-refractivity contribution in [1.82, 2.24) is 10.0 Å². The number of rotatable bonds is 3. The van der Waals surface area contributed by atoms with Crippen LogP contribution in [0.3, 0.4) is 0 Å². The summed E-state index contributed by atoms with van der Waals surface area (Å²) in [4.78, 5) is 36.8. The van der Waals surface area contributed by atoms with Crippen LogP contribution in [0.4, 0.5) is 0 Å². The Kier molecular flexibility index (Phi) is 5.20. The number of carbonyl (C=O) groups excluding carboxylic acids is 3. The van der Waals surface area contributed by atoms with E-state index in [2.05, 4.69) is 0 Å². The van der Waals surface area contributed by atoms with Gasteiger partial charge in [-0.25, -0.2) is 5.01 Å². The molecule has 3 aliphatic rings. The molecule has 7 nitrogen and oxygen atoms in total. The summed E-state index contributed by atoms with van der Waals surface area (Å²) in [6.45, 7) is 0.208. The number of imide groups is 1. The highest BCUT2D eigenvalue weighted by Gasteiger charge is 2.39. The lowest BCUT2D eigenvalue weighted by Gasteiger charge is -2.32. The van der Waals surface area contributed by atoms with Gasteiger partial charge in [-0.1, -0.05) is 0 Å². The molecule has 3 amide bonds. The summed E-state index contributed by atoms with van der Waals surface area (Å²) < 4.78 is 5.97. The quantitative estimate of drug-likeness (QED) is 0.808. The second-order valence-electron chi connectivity index (χ2n) is 6.89. The predicted octanol–water partition coefficient (Wildman–Crippen LogP) is 1.78. The van der Waals surface area contributed by atoms with E-state index in [1.54, 1.807) is 12.1 Å². The summed E-state index contributed by atoms with van der Waals surface area (Å²) in [7, 11) is 0. The summed E-state index contributed by atoms with van der Waals surface area (Å²) in [6, 6.07) is 5.31. The van der Waals surface area contributed by atoms with E-state index >= 15 is 0 Å². The molecule has 1 aromatic carbocycles. The topological polar surface area (TPSA) is 92.9 Å². The first-order valence-electron chi connectivity index (χ1n) is 8.77. The molecule has 2 atom stereocenters. The van der Waals surface area contributed by atoms with Gasteiger partial charge < -0.3 is 10.5 Å². The highest BCUT2D eigenvalue weighted by molar-refractivity contribution is 6.04. The fourth-order valence-corrected chi connectivity index (χ4v) is 3.80. The summed E-state index contributed by atoms with van der Waals surface area (Å²) in [6.07, 6.45) is 4.07. The molecule has 0 spiro atoms. The van der Waals surface area contributed by atoms with Crippen molar-refractivity contribution in [3.8, 4) is 5.75 Å². The molecule has 1 aromatic rings. The third-order valence-electron chi connectivity index (χ3n) is 5.15. The molecule has 0 unspecified atom stereocenters. The molecule has 4 rings (SSSR count). The van der Waals surface area contributed by atoms with Crippen LogP contribution in [-0.4, -0.2) is 39.9 Å². The lowest BCUT2D eigenvalue weighted by atomic mass is 10.1. The van der Waals surface area contributed by atoms with E-state index in [9.17, 15) is 14.4 Å². The van der Waals surface area contributed by atoms with Gasteiger partial charge in [0.05, 0.1) is 6.54 Å². The zero-order valence-electron chi connectivity index (χ0n) is 14.3. The van der Waals surface area contributed by atoms with Gasteiger partial charge in [0, 0.05) is 24.4 Å². The summed E-state index contributed by atoms with van der Waals surface area (Å²) in [5.74, 6) is -0.272. The molecule has 2 heterocycles. The number of amides is 3. The Morgan fingerprint density at radius 2 is 1.77 bits per heavy atom. The second-order valence-corrected chi connectivity index (χ2v) is 6.89. The molecule has 140 valence electrons. The molecular weight excluding hydrogens is 358 g/mol. The summed E-state index contributed by atoms with van der Waals surface area (Å²) >= 11 is 0. The Morgan fingerprint density at radius 3 is 2.42 bits per heavy atom. The Labute approximate surface area is 157 Å². The molecule has 0 radical (unpaired) electrons. The van der Waals surface area contributed by atoms with E-state index in [-0.39, 0.29) is 48.8 Å². The van der Waals surface area contributed by atoms with Crippen LogP contribution in [0.1, 0.15) is 54.4 Å². The summed E-state index contributed by atoms with van der Waals surface area (Å²) in [5, 5.41) is 2.26. The summed E-state index contributed by atoms with van der Waals surface area (Å²) in [5.41, 5.74) is 7.32. The van der Waals surface area contributed by atoms with Gasteiger partial charge in [0.15, 0.2) is 0 Å². The van der Waals surface area contributed by atoms with Crippen LogP contribution in [0.2, 0.25) is 0 Å². The number of piperidine rings is 1. The Hall–Kier alpha value is -2.12. The molecule has 26 heavy (non-hydrogen) atoms. The van der Waals surface area contributed by atoms with E-state index in [0.717, 1.165) is 29.8 Å². The van der Waals surface area contributed by atoms with Gasteiger partial charge in [0.1, 0.15) is 11.9 Å². The van der Waals surface area contributed by atoms with Crippen LogP contribution in [0.5, 0.6) is 5.75 Å². The normalized spacial score (nSPS) is 25.3. The standard InChI is InChI=1S/C18H21N3O4.ClH/c19-14-3-1-4-15(14)25-12-7-8-13-11(9-12)10-20(18(13)24)21-16(22)5-2-6-17(21)23;/h7-9,14-15H,1-6,10,19H2;1H/t14-,15+;/m1./s1. The number of halogens is 1. The predicted molar refractivity (Wildman–Crippen MR) is 95.5 cm³/mol. The van der Waals surface area contributed by atoms with Crippen molar-refractivity contribution in [2.45, 2.75) is 57.2 Å². The number of ether oxygens (including phenoxy) is 1. The molecule has 2 aliphatic heterocycles. The van der Waals surface area contributed by atoms with Gasteiger partial charge in [-0.15, -0.1) is 12.4 Å². The van der Waals surface area contributed by atoms with E-state index in [1.807, 2.05) is 6.07 Å². The smallest absolute Gasteiger partial charge is 0.273 e. The molecule has 2 fully saturated rings. The molecule has 0 aromatic heterocycles. The van der Waals surface area contributed by atoms with Crippen LogP contribution >= 0.6 is 12.4 Å². The van der Waals surface area contributed by atoms with Gasteiger partial charge in [-0.2, -0.15) is 5.01 Å². The average molecular weight is 380 g/mol. The first-order valence-corrected chi connectivity index (χ1v) is 8.77. The van der Waals surface area contributed by atoms with Gasteiger partial charge in [-0.05, 0) is 49.4 Å². The number of fused-ring (bicyclic) bond motifs is 1. The fraction of sp³-hybridized carbons (Fsp3) is 0.500. The van der Waals surface area contributed by atoms with E-state index in [1.165, 1.54) is 5.01 Å². The number of hydrazine groups is 1. The van der Waals surface area contributed by atoms with E-state index in [4.69, 9.17) is 10.5 Å². The maximum atomic E-state index is 12.6. The zero-order valence-corrected chi connectivity index (χ0v) is 15.2. The average Bonchev–Trinajstić information content (AvgIpc) is 3.12. The third kappa shape index (κ3) is 3.17. The maximum Gasteiger partial charge on any atom is 0.273 e. The van der Waals surface area contributed by atoms with Gasteiger partial charge in [-0.3, -0.25) is 14.4 Å². The minimum Gasteiger partial charge on any atom is -0.489 e. The fourth-order valence-electron chi connectivity index (χ4n) is 3.80. The van der Waals surface area contributed by atoms with Crippen molar-refractivity contribution in [1.29, 1.82) is 0 Å². The molecule has 1 saturated carbocycles. The number of benzene rings is 1. The molecule has 1 saturated heterocycles. The van der Waals surface area contributed by atoms with Crippen molar-refractivity contribution in [2.75, 3.05) is 0 Å². The highest BCUT2D eigenvalue weighted by atomic mass is 35.5. The first-order chi connectivity index (χ1) is 12.0. The highest BCUT2D eigenvalue weighted by Crippen LogP contribution is 2.31. The first kappa shape index (κ1) is 18.7. The third-order valence-corrected chi connectivity index (χ3v) is 5.15. The van der Waals surface area contributed by atoms with Gasteiger partial charge in [0.2, 0.25) is 11.8 Å². The number of carbonyl (C=O) groups is 3. The Morgan fingerprint density at radius 1 is 1.04 bits per heavy atom. The Bertz CT molecular complexity index is 738. The van der Waals surface area contributed by atoms with Crippen molar-refractivity contribution < 1.29 is 19.1 Å². The van der Waals surface area contributed by atoms with Gasteiger partial charge in [0.25, 0.3) is 5.91 Å². The number of nitrogens with two attached hydrogens (primary N) is 1. The number of hydrogen-bond donors (Lipinski definition) is 1. The Balaban J connectivity index is 0.00000196. The monoisotopic (exact) mass is 379 g/mol. The van der Waals surface area contributed by atoms with Crippen LogP contribution < -0.4 is 10.5 Å². The molecule has 2 N–H and O–H groups in total. The number of nitrogens with zero attached hydrogens (tertiary/aromatic N) is 2. The molecule has 0 bridgehead atoms. The molecule has 8 heteroatoms. The lowest BCUT2D eigenvalue weighted by molar-refractivity contribution is -0.163. The van der Waals surface area contributed by atoms with Crippen molar-refractivity contribution in [2.24, 2.45) is 5.73 Å². The van der Waals surface area contributed by atoms with Crippen LogP contribution in [-0.2, 0) is 16.1 Å². The number of hydrogen-bond acceptors (Lipinski definition) is 5. The maximum absolute atomic E-state index is 12.6. The largest absolute Gasteiger partial charge is 0.489 e. The zero-order chi connectivity index (χ0) is 17.6. The second kappa shape index (κ2) is 7.25. The van der Waals surface area contributed by atoms with E-state index < -0.39 is 0 Å². The van der Waals surface area contributed by atoms with Crippen LogP contribution in [0.15, 0.2) is 18.2 Å². The van der Waals surface area contributed by atoms with Crippen molar-refractivity contribution in [3.63, 3.8) is 0 Å². The van der Waals surface area contributed by atoms with Crippen molar-refractivity contribution in [3.05, 3.63) is 29.3 Å². The molecule has 1 aliphatic carbocycles. The lowest BCUT2D eigenvalue weighted by Crippen LogP contribution is -2.51. The minimum absolute atomic E-state index is 0. The van der Waals surface area contributed by atoms with Gasteiger partial charge >= 0.3 is 0 Å². The SMILES string of the molecule is Cl.N[C@@H]1CCC[C@@H]1Oc1ccc2c(c1)CN(N1C(=O)CCCC1=O)C2=O. The van der Waals surface area contributed by atoms with Crippen molar-refractivity contribution >= 4 is 30.1 Å². The van der Waals surface area contributed by atoms with Crippen LogP contribution in [0, 0.1) is 0 Å². The molecular formula is C18H22ClN3O4. The minimum atomic E-state index is -0.317.